The van der Waals surface area contributed by atoms with E-state index in [9.17, 15) is 49.2 Å². The Labute approximate surface area is 341 Å². The maximum atomic E-state index is 15.2. The molecule has 4 N–H and O–H groups in total. The Morgan fingerprint density at radius 3 is 1.98 bits per heavy atom. The molecule has 4 atom stereocenters. The number of carbonyl (C=O) groups excluding carboxylic acids is 4. The second-order valence-corrected chi connectivity index (χ2v) is 20.5. The zero-order valence-electron chi connectivity index (χ0n) is 33.3. The van der Waals surface area contributed by atoms with E-state index < -0.39 is 80.0 Å². The van der Waals surface area contributed by atoms with Gasteiger partial charge in [0.2, 0.25) is 31.9 Å². The fourth-order valence-corrected chi connectivity index (χ4v) is 11.6. The van der Waals surface area contributed by atoms with Gasteiger partial charge in [0.15, 0.2) is 0 Å². The van der Waals surface area contributed by atoms with Crippen LogP contribution in [0.3, 0.4) is 0 Å². The van der Waals surface area contributed by atoms with Crippen LogP contribution >= 0.6 is 0 Å². The maximum absolute atomic E-state index is 15.2. The van der Waals surface area contributed by atoms with Gasteiger partial charge in [-0.2, -0.15) is 13.2 Å². The highest BCUT2D eigenvalue weighted by Gasteiger charge is 2.41. The third kappa shape index (κ3) is 10.1. The summed E-state index contributed by atoms with van der Waals surface area (Å²) in [7, 11) is -7.16. The first-order valence-corrected chi connectivity index (χ1v) is 22.8. The molecule has 6 rings (SSSR count). The Kier molecular flexibility index (Phi) is 12.6. The van der Waals surface area contributed by atoms with Crippen molar-refractivity contribution in [2.75, 3.05) is 37.3 Å². The largest absolute Gasteiger partial charge is 0.406 e. The number of aryl methyl sites for hydroxylation is 1. The number of hydrogen-bond acceptors (Lipinski definition) is 8. The first-order chi connectivity index (χ1) is 27.5. The van der Waals surface area contributed by atoms with Gasteiger partial charge in [-0.05, 0) is 115 Å². The summed E-state index contributed by atoms with van der Waals surface area (Å²) in [5.41, 5.74) is 5.35. The Hall–Kier alpha value is -4.46. The number of piperidine rings is 2. The van der Waals surface area contributed by atoms with Crippen molar-refractivity contribution in [2.45, 2.75) is 113 Å². The lowest BCUT2D eigenvalue weighted by molar-refractivity contribution is -0.163. The monoisotopic (exact) mass is 870 g/mol. The molecule has 0 spiro atoms. The number of sulfonamides is 2. The smallest absolute Gasteiger partial charge is 0.344 e. The van der Waals surface area contributed by atoms with Gasteiger partial charge in [0, 0.05) is 44.4 Å². The highest BCUT2D eigenvalue weighted by Crippen LogP contribution is 2.44. The van der Waals surface area contributed by atoms with Crippen molar-refractivity contribution in [3.05, 3.63) is 57.4 Å². The lowest BCUT2D eigenvalue weighted by atomic mass is 9.85. The van der Waals surface area contributed by atoms with Crippen molar-refractivity contribution in [1.29, 1.82) is 0 Å². The number of nitrogens with one attached hydrogen (secondary N) is 4. The van der Waals surface area contributed by atoms with Gasteiger partial charge in [-0.3, -0.25) is 9.59 Å². The highest BCUT2D eigenvalue weighted by atomic mass is 32.2. The Morgan fingerprint density at radius 1 is 0.780 bits per heavy atom. The van der Waals surface area contributed by atoms with Crippen LogP contribution in [-0.2, 0) is 55.3 Å². The molecule has 2 aromatic carbocycles. The second kappa shape index (κ2) is 16.9. The van der Waals surface area contributed by atoms with Gasteiger partial charge in [-0.1, -0.05) is 26.8 Å². The number of carbonyl (C=O) groups is 4. The molecular weight excluding hydrogens is 821 g/mol. The number of nitrogens with zero attached hydrogens (tertiary/aromatic N) is 2. The summed E-state index contributed by atoms with van der Waals surface area (Å²) in [6, 6.07) is 2.63. The van der Waals surface area contributed by atoms with E-state index in [1.165, 1.54) is 24.1 Å². The fourth-order valence-electron chi connectivity index (χ4n) is 8.96. The van der Waals surface area contributed by atoms with E-state index >= 15 is 4.39 Å². The SMILES string of the molecule is CC(C)c1cc(F)cc(C(C)CC2Cc3cc4c(c(NC(=O)NS(=O)(=O)C5CCC(=O)N(CC(F)(F)F)C5)c3C2)CCC4)c1NC(=O)NS(=O)(=O)C1CCC(=O)N(C)C1. The number of fused-ring (bicyclic) bond motifs is 2. The predicted octanol–water partition coefficient (Wildman–Crippen LogP) is 5.42. The van der Waals surface area contributed by atoms with Crippen LogP contribution in [0.15, 0.2) is 18.2 Å². The Balaban J connectivity index is 1.17. The van der Waals surface area contributed by atoms with Crippen LogP contribution in [-0.4, -0.2) is 93.9 Å². The number of rotatable bonds is 11. The molecule has 59 heavy (non-hydrogen) atoms. The van der Waals surface area contributed by atoms with E-state index in [1.807, 2.05) is 25.5 Å². The Morgan fingerprint density at radius 2 is 1.37 bits per heavy atom. The van der Waals surface area contributed by atoms with E-state index in [-0.39, 0.29) is 55.2 Å². The quantitative estimate of drug-likeness (QED) is 0.215. The van der Waals surface area contributed by atoms with E-state index in [4.69, 9.17) is 0 Å². The molecule has 6 amide bonds. The van der Waals surface area contributed by atoms with Crippen LogP contribution in [0.5, 0.6) is 0 Å². The zero-order chi connectivity index (χ0) is 43.2. The standard InChI is InChI=1S/C39H50F4N6O8S2/c1-21(2)30-16-26(40)17-31(36(30)45-38(53)46-58(54,55)27-8-10-33(50)48(4)18-27)22(3)12-23-13-25-15-24-6-5-7-29(24)35(32(25)14-23)44-37(52)47-59(56,57)28-9-11-34(51)49(19-28)20-39(41,42)43/h15-17,21-23,27-28H,5-14,18-20H2,1-4H3,(H2,44,47,52)(H2,45,46,53). The lowest BCUT2D eigenvalue weighted by Crippen LogP contribution is -2.52. The summed E-state index contributed by atoms with van der Waals surface area (Å²) >= 11 is 0. The van der Waals surface area contributed by atoms with Crippen molar-refractivity contribution in [3.8, 4) is 0 Å². The number of hydrogen-bond donors (Lipinski definition) is 4. The second-order valence-electron chi connectivity index (χ2n) is 16.6. The molecule has 2 fully saturated rings. The lowest BCUT2D eigenvalue weighted by Gasteiger charge is -2.32. The molecule has 2 aliphatic heterocycles. The minimum Gasteiger partial charge on any atom is -0.344 e. The van der Waals surface area contributed by atoms with E-state index in [1.54, 1.807) is 0 Å². The first-order valence-electron chi connectivity index (χ1n) is 19.7. The van der Waals surface area contributed by atoms with Crippen LogP contribution in [0, 0.1) is 11.7 Å². The molecule has 0 bridgehead atoms. The molecule has 4 aliphatic rings. The number of benzene rings is 2. The van der Waals surface area contributed by atoms with Crippen molar-refractivity contribution in [1.82, 2.24) is 19.2 Å². The molecule has 0 saturated carbocycles. The first kappa shape index (κ1) is 44.1. The van der Waals surface area contributed by atoms with Gasteiger partial charge in [-0.15, -0.1) is 0 Å². The minimum atomic E-state index is -4.72. The van der Waals surface area contributed by atoms with Crippen molar-refractivity contribution < 1.29 is 53.6 Å². The number of alkyl halides is 3. The predicted molar refractivity (Wildman–Crippen MR) is 211 cm³/mol. The summed E-state index contributed by atoms with van der Waals surface area (Å²) in [4.78, 5) is 52.4. The highest BCUT2D eigenvalue weighted by molar-refractivity contribution is 7.91. The molecule has 2 saturated heterocycles. The molecule has 324 valence electrons. The van der Waals surface area contributed by atoms with Gasteiger partial charge >= 0.3 is 18.2 Å². The fraction of sp³-hybridized carbons (Fsp3) is 0.590. The third-order valence-electron chi connectivity index (χ3n) is 11.8. The summed E-state index contributed by atoms with van der Waals surface area (Å²) in [6.07, 6.45) is -1.54. The van der Waals surface area contributed by atoms with E-state index in [0.717, 1.165) is 35.1 Å². The molecule has 20 heteroatoms. The average Bonchev–Trinajstić information content (AvgIpc) is 3.76. The van der Waals surface area contributed by atoms with Gasteiger partial charge in [0.1, 0.15) is 12.4 Å². The van der Waals surface area contributed by atoms with Crippen molar-refractivity contribution in [2.24, 2.45) is 5.92 Å². The molecule has 2 aliphatic carbocycles. The topological polar surface area (TPSA) is 191 Å². The zero-order valence-corrected chi connectivity index (χ0v) is 34.9. The average molecular weight is 871 g/mol. The molecular formula is C39H50F4N6O8S2. The number of anilines is 2. The molecule has 2 heterocycles. The normalized spacial score (nSPS) is 21.6. The van der Waals surface area contributed by atoms with Gasteiger partial charge in [-0.25, -0.2) is 40.3 Å². The van der Waals surface area contributed by atoms with Crippen molar-refractivity contribution >= 4 is 55.3 Å². The minimum absolute atomic E-state index is 0.0293. The van der Waals surface area contributed by atoms with Gasteiger partial charge < -0.3 is 20.4 Å². The van der Waals surface area contributed by atoms with Crippen LogP contribution in [0.25, 0.3) is 0 Å². The summed E-state index contributed by atoms with van der Waals surface area (Å²) < 4.78 is 111. The third-order valence-corrected chi connectivity index (χ3v) is 15.3. The van der Waals surface area contributed by atoms with Crippen molar-refractivity contribution in [3.63, 3.8) is 0 Å². The van der Waals surface area contributed by atoms with Crippen LogP contribution in [0.1, 0.15) is 105 Å². The van der Waals surface area contributed by atoms with Crippen LogP contribution in [0.2, 0.25) is 0 Å². The summed E-state index contributed by atoms with van der Waals surface area (Å²) in [5.74, 6) is -2.19. The molecule has 0 radical (unpaired) electrons. The van der Waals surface area contributed by atoms with Crippen LogP contribution < -0.4 is 20.1 Å². The molecule has 0 aromatic heterocycles. The summed E-state index contributed by atoms with van der Waals surface area (Å²) in [5, 5.41) is 3.02. The van der Waals surface area contributed by atoms with E-state index in [0.29, 0.717) is 47.4 Å². The molecule has 4 unspecified atom stereocenters. The van der Waals surface area contributed by atoms with Gasteiger partial charge in [0.05, 0.1) is 10.5 Å². The number of amides is 6. The van der Waals surface area contributed by atoms with Gasteiger partial charge in [0.25, 0.3) is 0 Å². The Bertz CT molecular complexity index is 2250. The maximum Gasteiger partial charge on any atom is 0.406 e. The van der Waals surface area contributed by atoms with E-state index in [2.05, 4.69) is 21.4 Å². The number of likely N-dealkylation sites (tertiary alicyclic amines) is 2. The van der Waals surface area contributed by atoms with Crippen LogP contribution in [0.4, 0.5) is 38.5 Å². The summed E-state index contributed by atoms with van der Waals surface area (Å²) in [6.45, 7) is 3.15. The number of halogens is 4. The molecule has 14 nitrogen and oxygen atoms in total. The number of urea groups is 2. The molecule has 2 aromatic rings.